The molecule has 2 nitrogen and oxygen atoms in total. The van der Waals surface area contributed by atoms with E-state index in [0.717, 1.165) is 0 Å². The van der Waals surface area contributed by atoms with Crippen LogP contribution >= 0.6 is 0 Å². The fourth-order valence-corrected chi connectivity index (χ4v) is 0. The van der Waals surface area contributed by atoms with E-state index >= 15 is 0 Å². The van der Waals surface area contributed by atoms with Gasteiger partial charge in [0.25, 0.3) is 0 Å². The van der Waals surface area contributed by atoms with E-state index in [-0.39, 0.29) is 38.9 Å². The molecule has 0 rings (SSSR count). The van der Waals surface area contributed by atoms with Crippen LogP contribution in [0.25, 0.3) is 0 Å². The van der Waals surface area contributed by atoms with Crippen molar-refractivity contribution in [3.8, 4) is 0 Å². The molecule has 0 atom stereocenters. The van der Waals surface area contributed by atoms with Gasteiger partial charge in [-0.05, 0) is 0 Å². The first kappa shape index (κ1) is 173. The van der Waals surface area contributed by atoms with Gasteiger partial charge in [-0.25, -0.2) is 0 Å². The number of rotatable bonds is 0. The summed E-state index contributed by atoms with van der Waals surface area (Å²) in [7, 11) is 0. The molecule has 0 aromatic heterocycles. The summed E-state index contributed by atoms with van der Waals surface area (Å²) in [5.74, 6) is 0. The molecule has 0 amide bonds. The zero-order valence-corrected chi connectivity index (χ0v) is 1.21. The van der Waals surface area contributed by atoms with Crippen LogP contribution in [0, 0.1) is 0 Å². The van der Waals surface area contributed by atoms with Crippen molar-refractivity contribution in [2.45, 2.75) is 0 Å². The monoisotopic (exact) mass is 57.1 g/mol. The van der Waals surface area contributed by atoms with Crippen molar-refractivity contribution in [1.82, 2.24) is 6.15 Å². The van der Waals surface area contributed by atoms with Crippen molar-refractivity contribution < 1.29 is 5.48 Å². The van der Waals surface area contributed by atoms with Crippen LogP contribution in [0.2, 0.25) is 0 Å². The molecule has 4 heavy (non-hydrogen) atoms. The van der Waals surface area contributed by atoms with E-state index in [1.54, 1.807) is 0 Å². The Balaban J connectivity index is 0. The summed E-state index contributed by atoms with van der Waals surface area (Å²) in [6, 6.07) is 0. The van der Waals surface area contributed by atoms with Crippen LogP contribution in [0.1, 0.15) is 0 Å². The van der Waals surface area contributed by atoms with Gasteiger partial charge >= 0.3 is 18.9 Å². The Hall–Kier alpha value is 0.582. The molecule has 0 aromatic carbocycles. The molecule has 0 aliphatic rings. The fourth-order valence-electron chi connectivity index (χ4n) is 0. The summed E-state index contributed by atoms with van der Waals surface area (Å²) >= 11 is 0. The van der Waals surface area contributed by atoms with Crippen molar-refractivity contribution in [3.63, 3.8) is 0 Å². The second-order valence-electron chi connectivity index (χ2n) is 0. The van der Waals surface area contributed by atoms with Crippen molar-refractivity contribution in [3.05, 3.63) is 0 Å². The third-order valence-corrected chi connectivity index (χ3v) is 0. The molecule has 0 spiro atoms. The number of hydrogen-bond donors (Lipinski definition) is 1. The van der Waals surface area contributed by atoms with Gasteiger partial charge in [-0.1, -0.05) is 0 Å². The van der Waals surface area contributed by atoms with Crippen LogP contribution in [0.3, 0.4) is 0 Å². The van der Waals surface area contributed by atoms with Crippen molar-refractivity contribution >= 4 is 27.3 Å². The zero-order chi connectivity index (χ0) is 0. The van der Waals surface area contributed by atoms with Crippen LogP contribution < -0.4 is 6.15 Å². The molecule has 0 unspecified atom stereocenters. The van der Waals surface area contributed by atoms with Crippen LogP contribution in [-0.4, -0.2) is 32.7 Å². The van der Waals surface area contributed by atoms with Gasteiger partial charge in [0.05, 0.1) is 8.41 Å². The molecule has 0 aliphatic heterocycles. The molecule has 4 heteroatoms. The molecule has 0 bridgehead atoms. The van der Waals surface area contributed by atoms with Gasteiger partial charge in [0.1, 0.15) is 0 Å². The van der Waals surface area contributed by atoms with Crippen LogP contribution in [0.4, 0.5) is 0 Å². The summed E-state index contributed by atoms with van der Waals surface area (Å²) < 4.78 is 0. The van der Waals surface area contributed by atoms with E-state index < -0.39 is 0 Å². The quantitative estimate of drug-likeness (QED) is 0.307. The molecule has 24 valence electrons. The molecule has 5 N–H and O–H groups in total. The summed E-state index contributed by atoms with van der Waals surface area (Å²) in [6.45, 7) is 0. The molecule has 0 aromatic rings. The second-order valence-corrected chi connectivity index (χ2v) is 0. The van der Waals surface area contributed by atoms with Crippen molar-refractivity contribution in [1.29, 1.82) is 0 Å². The summed E-state index contributed by atoms with van der Waals surface area (Å²) in [5, 5.41) is 0. The molecule has 0 saturated heterocycles. The average molecular weight is 56.8 g/mol. The minimum atomic E-state index is 0. The van der Waals surface area contributed by atoms with E-state index in [1.165, 1.54) is 0 Å². The Kier molecular flexibility index (Phi) is 3050. The molecule has 0 saturated carbocycles. The van der Waals surface area contributed by atoms with Crippen LogP contribution in [0.5, 0.6) is 0 Å². The third-order valence-electron chi connectivity index (χ3n) is 0. The minimum absolute atomic E-state index is 0. The summed E-state index contributed by atoms with van der Waals surface area (Å²) in [4.78, 5) is 0. The van der Waals surface area contributed by atoms with Crippen molar-refractivity contribution in [2.75, 3.05) is 0 Å². The topological polar surface area (TPSA) is 66.5 Å². The summed E-state index contributed by atoms with van der Waals surface area (Å²) in [5.41, 5.74) is 0. The van der Waals surface area contributed by atoms with Gasteiger partial charge < -0.3 is 11.6 Å². The Morgan fingerprint density at radius 2 is 1.00 bits per heavy atom. The average Bonchev–Trinajstić information content (AvgIpc) is 0. The van der Waals surface area contributed by atoms with Gasteiger partial charge in [-0.3, -0.25) is 0 Å². The molecular formula is H9BLiNO. The van der Waals surface area contributed by atoms with Crippen LogP contribution in [-0.2, 0) is 0 Å². The third kappa shape index (κ3) is 19.1. The first-order valence-electron chi connectivity index (χ1n) is 0. The predicted octanol–water partition coefficient (Wildman–Crippen LogP) is -2.50. The first-order chi connectivity index (χ1) is 0. The molecule has 0 fully saturated rings. The van der Waals surface area contributed by atoms with Gasteiger partial charge in [0, 0.05) is 0 Å². The normalized spacial score (nSPS) is 0. The van der Waals surface area contributed by atoms with Gasteiger partial charge in [-0.2, -0.15) is 0 Å². The van der Waals surface area contributed by atoms with E-state index in [2.05, 4.69) is 0 Å². The van der Waals surface area contributed by atoms with Gasteiger partial charge in [-0.15, -0.1) is 0 Å². The Labute approximate surface area is 39.6 Å². The first-order valence-corrected chi connectivity index (χ1v) is 0. The molecule has 0 heterocycles. The van der Waals surface area contributed by atoms with E-state index in [1.807, 2.05) is 0 Å². The zero-order valence-electron chi connectivity index (χ0n) is 1.21. The van der Waals surface area contributed by atoms with E-state index in [0.29, 0.717) is 0 Å². The van der Waals surface area contributed by atoms with Crippen LogP contribution in [0.15, 0.2) is 0 Å². The molecular weight excluding hydrogens is 47.8 g/mol. The van der Waals surface area contributed by atoms with E-state index in [4.69, 9.17) is 0 Å². The van der Waals surface area contributed by atoms with Gasteiger partial charge in [0.15, 0.2) is 0 Å². The molecule has 0 aliphatic carbocycles. The maximum atomic E-state index is 0. The maximum absolute atomic E-state index is 0. The Morgan fingerprint density at radius 1 is 1.00 bits per heavy atom. The standard InChI is InChI=1S/BH3.Li.H3N.H2O.H/h1H3;;1H3;1H2;. The summed E-state index contributed by atoms with van der Waals surface area (Å²) in [6.07, 6.45) is 0. The SMILES string of the molecule is B.N.O.[LiH]. The fraction of sp³-hybridized carbons (Fsp3) is 0. The van der Waals surface area contributed by atoms with E-state index in [9.17, 15) is 0 Å². The second kappa shape index (κ2) is 70.4. The van der Waals surface area contributed by atoms with Gasteiger partial charge in [0.2, 0.25) is 0 Å². The molecule has 0 radical (unpaired) electrons. The Morgan fingerprint density at radius 3 is 1.00 bits per heavy atom. The van der Waals surface area contributed by atoms with Crippen molar-refractivity contribution in [2.24, 2.45) is 0 Å². The Bertz CT molecular complexity index is 8.00. The number of hydrogen-bond acceptors (Lipinski definition) is 1. The predicted molar refractivity (Wildman–Crippen MR) is 25.7 cm³/mol.